The van der Waals surface area contributed by atoms with Gasteiger partial charge in [-0.15, -0.1) is 0 Å². The molecule has 0 spiro atoms. The van der Waals surface area contributed by atoms with Crippen LogP contribution in [-0.2, 0) is 19.1 Å². The van der Waals surface area contributed by atoms with Crippen molar-refractivity contribution in [3.05, 3.63) is 72.9 Å². The molecule has 0 bridgehead atoms. The normalized spacial score (nSPS) is 12.9. The molecule has 0 aromatic carbocycles. The van der Waals surface area contributed by atoms with Crippen molar-refractivity contribution < 1.29 is 24.2 Å². The maximum absolute atomic E-state index is 12.2. The molecule has 1 atom stereocenters. The third-order valence-corrected chi connectivity index (χ3v) is 8.48. The molecule has 0 aromatic heterocycles. The molecule has 0 saturated carbocycles. The summed E-state index contributed by atoms with van der Waals surface area (Å²) in [4.78, 5) is 24.3. The van der Waals surface area contributed by atoms with Crippen LogP contribution < -0.4 is 0 Å². The van der Waals surface area contributed by atoms with Crippen LogP contribution in [0, 0.1) is 0 Å². The lowest BCUT2D eigenvalue weighted by Crippen LogP contribution is -2.28. The quantitative estimate of drug-likeness (QED) is 0.0401. The predicted molar refractivity (Wildman–Crippen MR) is 214 cm³/mol. The average Bonchev–Trinajstić information content (AvgIpc) is 3.12. The first-order valence-corrected chi connectivity index (χ1v) is 20.5. The standard InChI is InChI=1S/C45H76O5/c1-3-5-7-9-11-13-15-17-19-20-21-22-23-24-26-28-30-32-34-36-38-40-45(48)50-43(41-46)42-49-44(47)39-37-35-33-31-29-27-25-18-16-14-12-10-8-6-4-2/h6,8,12,14-15,17-18,20-21,23-25,43,46H,3-5,7,9-11,13,16,19,22,26-42H2,1-2H3/b8-6-,14-12-,17-15-,21-20-,24-23-,25-18-. The van der Waals surface area contributed by atoms with Crippen molar-refractivity contribution >= 4 is 11.9 Å². The summed E-state index contributed by atoms with van der Waals surface area (Å²) in [5, 5.41) is 9.56. The summed E-state index contributed by atoms with van der Waals surface area (Å²) in [5.74, 6) is -0.630. The highest BCUT2D eigenvalue weighted by Gasteiger charge is 2.16. The van der Waals surface area contributed by atoms with E-state index in [9.17, 15) is 14.7 Å². The van der Waals surface area contributed by atoms with Crippen LogP contribution in [0.1, 0.15) is 181 Å². The predicted octanol–water partition coefficient (Wildman–Crippen LogP) is 13.0. The second kappa shape index (κ2) is 40.8. The number of carbonyl (C=O) groups is 2. The first-order chi connectivity index (χ1) is 24.6. The Morgan fingerprint density at radius 3 is 1.30 bits per heavy atom. The molecule has 5 heteroatoms. The zero-order valence-electron chi connectivity index (χ0n) is 32.4. The Bertz CT molecular complexity index is 926. The Balaban J connectivity index is 3.63. The van der Waals surface area contributed by atoms with Crippen molar-refractivity contribution in [2.45, 2.75) is 187 Å². The van der Waals surface area contributed by atoms with E-state index < -0.39 is 6.10 Å². The zero-order valence-corrected chi connectivity index (χ0v) is 32.4. The number of rotatable bonds is 36. The number of ether oxygens (including phenoxy) is 2. The molecule has 0 heterocycles. The molecule has 0 aliphatic heterocycles. The average molecular weight is 697 g/mol. The van der Waals surface area contributed by atoms with Gasteiger partial charge in [0.15, 0.2) is 6.10 Å². The third kappa shape index (κ3) is 38.1. The minimum atomic E-state index is -0.789. The van der Waals surface area contributed by atoms with Crippen LogP contribution in [0.4, 0.5) is 0 Å². The first kappa shape index (κ1) is 47.3. The van der Waals surface area contributed by atoms with Crippen molar-refractivity contribution in [3.8, 4) is 0 Å². The molecule has 0 rings (SSSR count). The fourth-order valence-corrected chi connectivity index (χ4v) is 5.40. The van der Waals surface area contributed by atoms with Crippen molar-refractivity contribution in [1.82, 2.24) is 0 Å². The fraction of sp³-hybridized carbons (Fsp3) is 0.689. The van der Waals surface area contributed by atoms with E-state index in [1.807, 2.05) is 0 Å². The summed E-state index contributed by atoms with van der Waals surface area (Å²) in [6.07, 6.45) is 53.9. The molecule has 50 heavy (non-hydrogen) atoms. The van der Waals surface area contributed by atoms with Gasteiger partial charge in [-0.25, -0.2) is 0 Å². The van der Waals surface area contributed by atoms with Gasteiger partial charge in [-0.1, -0.05) is 157 Å². The summed E-state index contributed by atoms with van der Waals surface area (Å²) in [5.41, 5.74) is 0. The van der Waals surface area contributed by atoms with E-state index in [-0.39, 0.29) is 25.2 Å². The van der Waals surface area contributed by atoms with Gasteiger partial charge in [0.25, 0.3) is 0 Å². The number of aliphatic hydroxyl groups is 1. The highest BCUT2D eigenvalue weighted by Crippen LogP contribution is 2.12. The monoisotopic (exact) mass is 697 g/mol. The summed E-state index contributed by atoms with van der Waals surface area (Å²) < 4.78 is 10.6. The fourth-order valence-electron chi connectivity index (χ4n) is 5.40. The smallest absolute Gasteiger partial charge is 0.306 e. The minimum absolute atomic E-state index is 0.0839. The largest absolute Gasteiger partial charge is 0.462 e. The SMILES string of the molecule is CC/C=C\C/C=C\C/C=C\CCCCCCCC(=O)OCC(CO)OC(=O)CCCCCCCC/C=C\C/C=C\C/C=C\CCCCCCC. The van der Waals surface area contributed by atoms with E-state index in [2.05, 4.69) is 86.8 Å². The van der Waals surface area contributed by atoms with Gasteiger partial charge in [0.05, 0.1) is 6.61 Å². The van der Waals surface area contributed by atoms with Crippen LogP contribution in [-0.4, -0.2) is 36.4 Å². The number of allylic oxidation sites excluding steroid dienone is 12. The molecular formula is C45H76O5. The Labute approximate surface area is 308 Å². The van der Waals surface area contributed by atoms with E-state index >= 15 is 0 Å². The molecule has 0 aromatic rings. The molecule has 1 N–H and O–H groups in total. The van der Waals surface area contributed by atoms with Gasteiger partial charge < -0.3 is 14.6 Å². The number of hydrogen-bond acceptors (Lipinski definition) is 5. The Hall–Kier alpha value is -2.66. The number of aliphatic hydroxyl groups excluding tert-OH is 1. The van der Waals surface area contributed by atoms with Gasteiger partial charge in [-0.3, -0.25) is 9.59 Å². The lowest BCUT2D eigenvalue weighted by atomic mass is 10.1. The summed E-state index contributed by atoms with van der Waals surface area (Å²) in [6, 6.07) is 0. The molecule has 1 unspecified atom stereocenters. The van der Waals surface area contributed by atoms with Crippen LogP contribution >= 0.6 is 0 Å². The van der Waals surface area contributed by atoms with Crippen LogP contribution in [0.3, 0.4) is 0 Å². The molecule has 0 aliphatic carbocycles. The van der Waals surface area contributed by atoms with Crippen LogP contribution in [0.5, 0.6) is 0 Å². The molecule has 5 nitrogen and oxygen atoms in total. The number of esters is 2. The van der Waals surface area contributed by atoms with Crippen molar-refractivity contribution in [3.63, 3.8) is 0 Å². The highest BCUT2D eigenvalue weighted by atomic mass is 16.6. The molecule has 0 radical (unpaired) electrons. The third-order valence-electron chi connectivity index (χ3n) is 8.48. The molecule has 0 fully saturated rings. The van der Waals surface area contributed by atoms with Gasteiger partial charge >= 0.3 is 11.9 Å². The van der Waals surface area contributed by atoms with Gasteiger partial charge in [0, 0.05) is 12.8 Å². The number of unbranched alkanes of at least 4 members (excludes halogenated alkanes) is 16. The number of carbonyl (C=O) groups excluding carboxylic acids is 2. The topological polar surface area (TPSA) is 72.8 Å². The molecule has 0 amide bonds. The van der Waals surface area contributed by atoms with Gasteiger partial charge in [0.2, 0.25) is 0 Å². The van der Waals surface area contributed by atoms with Crippen LogP contribution in [0.15, 0.2) is 72.9 Å². The highest BCUT2D eigenvalue weighted by molar-refractivity contribution is 5.70. The van der Waals surface area contributed by atoms with Crippen LogP contribution in [0.25, 0.3) is 0 Å². The Kier molecular flexibility index (Phi) is 38.6. The second-order valence-corrected chi connectivity index (χ2v) is 13.3. The number of hydrogen-bond donors (Lipinski definition) is 1. The Morgan fingerprint density at radius 2 is 0.860 bits per heavy atom. The lowest BCUT2D eigenvalue weighted by Gasteiger charge is -2.15. The first-order valence-electron chi connectivity index (χ1n) is 20.5. The van der Waals surface area contributed by atoms with Crippen LogP contribution in [0.2, 0.25) is 0 Å². The van der Waals surface area contributed by atoms with Gasteiger partial charge in [-0.2, -0.15) is 0 Å². The molecule has 0 aliphatic rings. The summed E-state index contributed by atoms with van der Waals surface area (Å²) in [6.45, 7) is 3.98. The van der Waals surface area contributed by atoms with E-state index in [1.54, 1.807) is 0 Å². The van der Waals surface area contributed by atoms with E-state index in [0.717, 1.165) is 89.9 Å². The van der Waals surface area contributed by atoms with E-state index in [4.69, 9.17) is 9.47 Å². The molecule has 0 saturated heterocycles. The van der Waals surface area contributed by atoms with Crippen molar-refractivity contribution in [1.29, 1.82) is 0 Å². The van der Waals surface area contributed by atoms with Gasteiger partial charge in [-0.05, 0) is 83.5 Å². The second-order valence-electron chi connectivity index (χ2n) is 13.3. The van der Waals surface area contributed by atoms with Gasteiger partial charge in [0.1, 0.15) is 6.61 Å². The lowest BCUT2D eigenvalue weighted by molar-refractivity contribution is -0.161. The van der Waals surface area contributed by atoms with E-state index in [1.165, 1.54) is 64.2 Å². The molecule has 286 valence electrons. The summed E-state index contributed by atoms with van der Waals surface area (Å²) >= 11 is 0. The van der Waals surface area contributed by atoms with E-state index in [0.29, 0.717) is 12.8 Å². The Morgan fingerprint density at radius 1 is 0.480 bits per heavy atom. The minimum Gasteiger partial charge on any atom is -0.462 e. The maximum Gasteiger partial charge on any atom is 0.306 e. The summed E-state index contributed by atoms with van der Waals surface area (Å²) in [7, 11) is 0. The maximum atomic E-state index is 12.2. The van der Waals surface area contributed by atoms with Crippen molar-refractivity contribution in [2.24, 2.45) is 0 Å². The zero-order chi connectivity index (χ0) is 36.4. The van der Waals surface area contributed by atoms with Crippen molar-refractivity contribution in [2.75, 3.05) is 13.2 Å². The molecular weight excluding hydrogens is 620 g/mol.